The second kappa shape index (κ2) is 6.25. The van der Waals surface area contributed by atoms with Crippen molar-refractivity contribution in [1.82, 2.24) is 26.2 Å². The van der Waals surface area contributed by atoms with E-state index in [1.807, 2.05) is 0 Å². The van der Waals surface area contributed by atoms with Crippen molar-refractivity contribution in [2.24, 2.45) is 0 Å². The summed E-state index contributed by atoms with van der Waals surface area (Å²) >= 11 is 5.94. The standard InChI is InChI=1S/C15H17ClN6O3/c1-18-13(17)19-6-15(12(24)20-14(25)21-15)7-22-5-8-2-3-9(16)4-10(8)11(22)23/h2-4H,5-7H2,1H3,(H3,17,18,19)(H2,20,21,24,25). The Morgan fingerprint density at radius 3 is 2.80 bits per heavy atom. The molecule has 1 aromatic carbocycles. The van der Waals surface area contributed by atoms with E-state index in [0.29, 0.717) is 17.1 Å². The number of benzene rings is 1. The summed E-state index contributed by atoms with van der Waals surface area (Å²) in [5, 5.41) is 18.1. The van der Waals surface area contributed by atoms with Crippen LogP contribution in [0.4, 0.5) is 4.79 Å². The Balaban J connectivity index is 1.82. The number of halogens is 1. The number of nitrogens with zero attached hydrogens (tertiary/aromatic N) is 1. The molecular formula is C15H17ClN6O3. The molecule has 0 aliphatic carbocycles. The molecule has 3 rings (SSSR count). The molecule has 0 aromatic heterocycles. The van der Waals surface area contributed by atoms with Crippen LogP contribution in [-0.4, -0.2) is 54.4 Å². The number of amides is 4. The highest BCUT2D eigenvalue weighted by atomic mass is 35.5. The Kier molecular flexibility index (Phi) is 4.25. The molecule has 5 N–H and O–H groups in total. The van der Waals surface area contributed by atoms with Crippen molar-refractivity contribution < 1.29 is 14.4 Å². The van der Waals surface area contributed by atoms with E-state index in [1.54, 1.807) is 25.2 Å². The lowest BCUT2D eigenvalue weighted by Crippen LogP contribution is -2.62. The van der Waals surface area contributed by atoms with Crippen molar-refractivity contribution in [2.75, 3.05) is 20.1 Å². The van der Waals surface area contributed by atoms with Gasteiger partial charge in [0.25, 0.3) is 11.8 Å². The first-order valence-electron chi connectivity index (χ1n) is 7.56. The largest absolute Gasteiger partial charge is 0.360 e. The lowest BCUT2D eigenvalue weighted by molar-refractivity contribution is -0.124. The number of fused-ring (bicyclic) bond motifs is 1. The lowest BCUT2D eigenvalue weighted by Gasteiger charge is -2.31. The molecule has 132 valence electrons. The van der Waals surface area contributed by atoms with Crippen LogP contribution in [0.1, 0.15) is 15.9 Å². The van der Waals surface area contributed by atoms with Gasteiger partial charge < -0.3 is 20.9 Å². The summed E-state index contributed by atoms with van der Waals surface area (Å²) in [7, 11) is 1.56. The highest BCUT2D eigenvalue weighted by molar-refractivity contribution is 6.31. The highest BCUT2D eigenvalue weighted by Gasteiger charge is 2.49. The van der Waals surface area contributed by atoms with Gasteiger partial charge in [0.2, 0.25) is 0 Å². The van der Waals surface area contributed by atoms with Crippen molar-refractivity contribution >= 4 is 35.4 Å². The van der Waals surface area contributed by atoms with Crippen LogP contribution in [0.15, 0.2) is 18.2 Å². The number of urea groups is 1. The van der Waals surface area contributed by atoms with Gasteiger partial charge in [-0.05, 0) is 17.7 Å². The first-order chi connectivity index (χ1) is 11.8. The third-order valence-electron chi connectivity index (χ3n) is 4.24. The third-order valence-corrected chi connectivity index (χ3v) is 4.48. The summed E-state index contributed by atoms with van der Waals surface area (Å²) < 4.78 is 0. The number of imide groups is 1. The Morgan fingerprint density at radius 2 is 2.16 bits per heavy atom. The van der Waals surface area contributed by atoms with Crippen molar-refractivity contribution in [1.29, 1.82) is 5.41 Å². The van der Waals surface area contributed by atoms with Crippen molar-refractivity contribution in [2.45, 2.75) is 12.1 Å². The zero-order chi connectivity index (χ0) is 18.2. The van der Waals surface area contributed by atoms with E-state index in [4.69, 9.17) is 17.0 Å². The second-order valence-corrected chi connectivity index (χ2v) is 6.37. The van der Waals surface area contributed by atoms with Gasteiger partial charge in [-0.1, -0.05) is 17.7 Å². The number of carbonyl (C=O) groups is 3. The maximum Gasteiger partial charge on any atom is 0.322 e. The lowest BCUT2D eigenvalue weighted by atomic mass is 9.99. The molecule has 1 fully saturated rings. The van der Waals surface area contributed by atoms with Gasteiger partial charge in [-0.3, -0.25) is 20.3 Å². The summed E-state index contributed by atoms with van der Waals surface area (Å²) in [6, 6.07) is 4.43. The van der Waals surface area contributed by atoms with E-state index in [2.05, 4.69) is 21.3 Å². The second-order valence-electron chi connectivity index (χ2n) is 5.93. The van der Waals surface area contributed by atoms with Gasteiger partial charge in [-0.2, -0.15) is 0 Å². The fourth-order valence-electron chi connectivity index (χ4n) is 2.93. The molecule has 2 heterocycles. The Bertz CT molecular complexity index is 783. The van der Waals surface area contributed by atoms with Crippen LogP contribution in [0.5, 0.6) is 0 Å². The molecule has 0 bridgehead atoms. The van der Waals surface area contributed by atoms with Crippen molar-refractivity contribution in [3.8, 4) is 0 Å². The molecule has 2 aliphatic rings. The van der Waals surface area contributed by atoms with Gasteiger partial charge in [0.05, 0.1) is 13.1 Å². The van der Waals surface area contributed by atoms with E-state index in [-0.39, 0.29) is 25.0 Å². The Morgan fingerprint density at radius 1 is 1.40 bits per heavy atom. The van der Waals surface area contributed by atoms with E-state index in [9.17, 15) is 14.4 Å². The summed E-state index contributed by atoms with van der Waals surface area (Å²) in [4.78, 5) is 38.1. The molecule has 2 aliphatic heterocycles. The Hall–Kier alpha value is -2.81. The number of nitrogens with one attached hydrogen (secondary N) is 5. The van der Waals surface area contributed by atoms with Crippen LogP contribution in [0.3, 0.4) is 0 Å². The normalized spacial score (nSPS) is 21.7. The van der Waals surface area contributed by atoms with Crippen LogP contribution in [0, 0.1) is 5.41 Å². The van der Waals surface area contributed by atoms with Gasteiger partial charge in [-0.25, -0.2) is 4.79 Å². The fraction of sp³-hybridized carbons (Fsp3) is 0.333. The van der Waals surface area contributed by atoms with Crippen LogP contribution in [0.25, 0.3) is 0 Å². The van der Waals surface area contributed by atoms with E-state index < -0.39 is 17.5 Å². The summed E-state index contributed by atoms with van der Waals surface area (Å²) in [6.45, 7) is 0.255. The van der Waals surface area contributed by atoms with Crippen LogP contribution >= 0.6 is 11.6 Å². The molecule has 0 spiro atoms. The average Bonchev–Trinajstić information content (AvgIpc) is 3.02. The number of hydrogen-bond donors (Lipinski definition) is 5. The summed E-state index contributed by atoms with van der Waals surface area (Å²) in [5.74, 6) is -0.804. The fourth-order valence-corrected chi connectivity index (χ4v) is 3.11. The van der Waals surface area contributed by atoms with E-state index >= 15 is 0 Å². The quantitative estimate of drug-likeness (QED) is 0.283. The topological polar surface area (TPSA) is 126 Å². The molecule has 1 aromatic rings. The Labute approximate surface area is 148 Å². The zero-order valence-electron chi connectivity index (χ0n) is 13.4. The van der Waals surface area contributed by atoms with Gasteiger partial charge in [0.1, 0.15) is 0 Å². The molecule has 1 saturated heterocycles. The van der Waals surface area contributed by atoms with Gasteiger partial charge in [-0.15, -0.1) is 0 Å². The zero-order valence-corrected chi connectivity index (χ0v) is 14.2. The monoisotopic (exact) mass is 364 g/mol. The first-order valence-corrected chi connectivity index (χ1v) is 7.94. The van der Waals surface area contributed by atoms with Crippen LogP contribution in [-0.2, 0) is 11.3 Å². The predicted molar refractivity (Wildman–Crippen MR) is 90.4 cm³/mol. The smallest absolute Gasteiger partial charge is 0.322 e. The van der Waals surface area contributed by atoms with Crippen molar-refractivity contribution in [3.63, 3.8) is 0 Å². The van der Waals surface area contributed by atoms with Crippen LogP contribution < -0.4 is 21.3 Å². The van der Waals surface area contributed by atoms with Crippen molar-refractivity contribution in [3.05, 3.63) is 34.3 Å². The first kappa shape index (κ1) is 17.0. The molecule has 0 radical (unpaired) electrons. The molecule has 1 atom stereocenters. The highest BCUT2D eigenvalue weighted by Crippen LogP contribution is 2.27. The molecule has 0 saturated carbocycles. The SMILES string of the molecule is CNC(=N)NCC1(CN2Cc3ccc(Cl)cc3C2=O)NC(=O)NC1=O. The number of carbonyl (C=O) groups excluding carboxylic acids is 3. The minimum Gasteiger partial charge on any atom is -0.360 e. The number of rotatable bonds is 4. The molecule has 9 nitrogen and oxygen atoms in total. The average molecular weight is 365 g/mol. The molecule has 10 heteroatoms. The van der Waals surface area contributed by atoms with Gasteiger partial charge in [0.15, 0.2) is 11.5 Å². The van der Waals surface area contributed by atoms with E-state index in [1.165, 1.54) is 4.90 Å². The molecule has 4 amide bonds. The van der Waals surface area contributed by atoms with E-state index in [0.717, 1.165) is 5.56 Å². The summed E-state index contributed by atoms with van der Waals surface area (Å²) in [5.41, 5.74) is -0.0598. The van der Waals surface area contributed by atoms with Crippen LogP contribution in [0.2, 0.25) is 5.02 Å². The maximum absolute atomic E-state index is 12.6. The van der Waals surface area contributed by atoms with Gasteiger partial charge >= 0.3 is 6.03 Å². The maximum atomic E-state index is 12.6. The number of guanidine groups is 1. The number of hydrogen-bond acceptors (Lipinski definition) is 4. The minimum absolute atomic E-state index is 0.00357. The third kappa shape index (κ3) is 3.10. The minimum atomic E-state index is -1.36. The predicted octanol–water partition coefficient (Wildman–Crippen LogP) is -0.382. The van der Waals surface area contributed by atoms with Gasteiger partial charge in [0, 0.05) is 24.2 Å². The molecule has 1 unspecified atom stereocenters. The molecular weight excluding hydrogens is 348 g/mol. The summed E-state index contributed by atoms with van der Waals surface area (Å²) in [6.07, 6.45) is 0. The molecule has 25 heavy (non-hydrogen) atoms.